The third-order valence-corrected chi connectivity index (χ3v) is 3.48. The molecule has 0 spiro atoms. The fourth-order valence-corrected chi connectivity index (χ4v) is 2.06. The lowest BCUT2D eigenvalue weighted by atomic mass is 9.93. The second kappa shape index (κ2) is 9.12. The van der Waals surface area contributed by atoms with E-state index in [0.717, 1.165) is 25.3 Å². The molecule has 0 saturated carbocycles. The normalized spacial score (nSPS) is 12.1. The minimum Gasteiger partial charge on any atom is -0.359 e. The van der Waals surface area contributed by atoms with E-state index >= 15 is 0 Å². The van der Waals surface area contributed by atoms with Crippen molar-refractivity contribution in [3.8, 4) is 0 Å². The highest BCUT2D eigenvalue weighted by molar-refractivity contribution is 5.83. The molecule has 0 aliphatic carbocycles. The summed E-state index contributed by atoms with van der Waals surface area (Å²) in [6.07, 6.45) is 2.59. The van der Waals surface area contributed by atoms with Crippen molar-refractivity contribution in [2.45, 2.75) is 40.7 Å². The van der Waals surface area contributed by atoms with E-state index in [0.29, 0.717) is 19.0 Å². The summed E-state index contributed by atoms with van der Waals surface area (Å²) in [6.45, 7) is 10.5. The van der Waals surface area contributed by atoms with Crippen LogP contribution in [0.2, 0.25) is 0 Å². The molecule has 1 rings (SSSR count). The maximum absolute atomic E-state index is 11.8. The van der Waals surface area contributed by atoms with Crippen molar-refractivity contribution in [2.24, 2.45) is 10.4 Å². The molecule has 0 aliphatic heterocycles. The molecule has 1 amide bonds. The number of hydrogen-bond acceptors (Lipinski definition) is 4. The highest BCUT2D eigenvalue weighted by atomic mass is 16.2. The van der Waals surface area contributed by atoms with Gasteiger partial charge in [0.1, 0.15) is 12.2 Å². The molecule has 8 nitrogen and oxygen atoms in total. The molecule has 0 aromatic carbocycles. The van der Waals surface area contributed by atoms with Crippen LogP contribution in [0, 0.1) is 5.41 Å². The quantitative estimate of drug-likeness (QED) is 0.468. The van der Waals surface area contributed by atoms with Gasteiger partial charge in [-0.05, 0) is 20.8 Å². The van der Waals surface area contributed by atoms with Gasteiger partial charge in [-0.3, -0.25) is 9.79 Å². The van der Waals surface area contributed by atoms with Gasteiger partial charge in [0.2, 0.25) is 5.91 Å². The molecule has 0 saturated heterocycles. The third kappa shape index (κ3) is 5.88. The molecule has 1 heterocycles. The van der Waals surface area contributed by atoms with Crippen molar-refractivity contribution in [1.82, 2.24) is 30.7 Å². The maximum atomic E-state index is 11.8. The number of amides is 1. The fraction of sp³-hybridized carbons (Fsp3) is 0.733. The summed E-state index contributed by atoms with van der Waals surface area (Å²) in [5.41, 5.74) is -0.541. The topological polar surface area (TPSA) is 96.2 Å². The largest absolute Gasteiger partial charge is 0.359 e. The maximum Gasteiger partial charge on any atom is 0.227 e. The molecule has 0 bridgehead atoms. The van der Waals surface area contributed by atoms with Gasteiger partial charge in [0.25, 0.3) is 0 Å². The third-order valence-electron chi connectivity index (χ3n) is 3.48. The Hall–Kier alpha value is -2.12. The van der Waals surface area contributed by atoms with Gasteiger partial charge < -0.3 is 20.5 Å². The van der Waals surface area contributed by atoms with Gasteiger partial charge in [-0.25, -0.2) is 0 Å². The zero-order valence-electron chi connectivity index (χ0n) is 14.8. The van der Waals surface area contributed by atoms with Crippen LogP contribution in [0.15, 0.2) is 11.3 Å². The van der Waals surface area contributed by atoms with Crippen LogP contribution >= 0.6 is 0 Å². The van der Waals surface area contributed by atoms with Gasteiger partial charge >= 0.3 is 0 Å². The van der Waals surface area contributed by atoms with Gasteiger partial charge in [0.05, 0.1) is 12.0 Å². The Morgan fingerprint density at radius 2 is 2.09 bits per heavy atom. The minimum absolute atomic E-state index is 0.0193. The van der Waals surface area contributed by atoms with E-state index < -0.39 is 5.41 Å². The number of rotatable bonds is 8. The van der Waals surface area contributed by atoms with E-state index in [2.05, 4.69) is 38.1 Å². The van der Waals surface area contributed by atoms with E-state index in [9.17, 15) is 4.79 Å². The van der Waals surface area contributed by atoms with Gasteiger partial charge in [0, 0.05) is 33.1 Å². The smallest absolute Gasteiger partial charge is 0.227 e. The fourth-order valence-electron chi connectivity index (χ4n) is 2.06. The highest BCUT2D eigenvalue weighted by Crippen LogP contribution is 2.15. The van der Waals surface area contributed by atoms with Gasteiger partial charge in [-0.15, -0.1) is 10.2 Å². The average molecular weight is 323 g/mol. The first-order valence-corrected chi connectivity index (χ1v) is 8.05. The Morgan fingerprint density at radius 1 is 1.35 bits per heavy atom. The molecule has 23 heavy (non-hydrogen) atoms. The lowest BCUT2D eigenvalue weighted by molar-refractivity contribution is -0.128. The number of aliphatic imine (C=N–C) groups is 1. The average Bonchev–Trinajstić information content (AvgIpc) is 2.99. The number of nitrogens with one attached hydrogen (secondary N) is 3. The molecule has 130 valence electrons. The van der Waals surface area contributed by atoms with Crippen LogP contribution in [0.1, 0.15) is 33.5 Å². The van der Waals surface area contributed by atoms with E-state index in [1.165, 1.54) is 0 Å². The minimum atomic E-state index is -0.541. The summed E-state index contributed by atoms with van der Waals surface area (Å²) >= 11 is 0. The van der Waals surface area contributed by atoms with Crippen molar-refractivity contribution >= 4 is 11.9 Å². The van der Waals surface area contributed by atoms with Crippen molar-refractivity contribution in [2.75, 3.05) is 26.7 Å². The number of carbonyl (C=O) groups excluding carboxylic acids is 1. The molecule has 0 unspecified atom stereocenters. The Balaban J connectivity index is 2.57. The number of aryl methyl sites for hydroxylation is 1. The number of aromatic nitrogens is 3. The predicted molar refractivity (Wildman–Crippen MR) is 91.2 cm³/mol. The van der Waals surface area contributed by atoms with Gasteiger partial charge in [-0.1, -0.05) is 6.92 Å². The Bertz CT molecular complexity index is 522. The molecular formula is C15H29N7O. The summed E-state index contributed by atoms with van der Waals surface area (Å²) in [4.78, 5) is 16.3. The molecule has 1 aromatic rings. The zero-order chi connectivity index (χ0) is 17.3. The second-order valence-electron chi connectivity index (χ2n) is 5.88. The standard InChI is InChI=1S/C15H29N7O/c1-6-12-21-20-11-22(12)9-8-18-14(17-7-2)19-10-15(3,4)13(23)16-5/h11H,6-10H2,1-5H3,(H,16,23)(H2,17,18,19). The van der Waals surface area contributed by atoms with E-state index in [-0.39, 0.29) is 5.91 Å². The van der Waals surface area contributed by atoms with Crippen molar-refractivity contribution in [3.05, 3.63) is 12.2 Å². The van der Waals surface area contributed by atoms with Crippen molar-refractivity contribution in [1.29, 1.82) is 0 Å². The van der Waals surface area contributed by atoms with Crippen molar-refractivity contribution in [3.63, 3.8) is 0 Å². The summed E-state index contributed by atoms with van der Waals surface area (Å²) in [7, 11) is 1.64. The predicted octanol–water partition coefficient (Wildman–Crippen LogP) is 0.168. The molecule has 0 fully saturated rings. The number of carbonyl (C=O) groups is 1. The molecule has 8 heteroatoms. The first-order valence-electron chi connectivity index (χ1n) is 8.05. The summed E-state index contributed by atoms with van der Waals surface area (Å²) in [6, 6.07) is 0. The molecule has 0 atom stereocenters. The zero-order valence-corrected chi connectivity index (χ0v) is 14.8. The first kappa shape index (κ1) is 18.9. The first-order chi connectivity index (χ1) is 10.9. The van der Waals surface area contributed by atoms with Gasteiger partial charge in [-0.2, -0.15) is 0 Å². The van der Waals surface area contributed by atoms with Crippen LogP contribution in [0.4, 0.5) is 0 Å². The molecule has 0 radical (unpaired) electrons. The van der Waals surface area contributed by atoms with E-state index in [1.807, 2.05) is 25.3 Å². The summed E-state index contributed by atoms with van der Waals surface area (Å²) < 4.78 is 2.02. The van der Waals surface area contributed by atoms with E-state index in [4.69, 9.17) is 0 Å². The summed E-state index contributed by atoms with van der Waals surface area (Å²) in [5, 5.41) is 17.1. The highest BCUT2D eigenvalue weighted by Gasteiger charge is 2.26. The number of guanidine groups is 1. The van der Waals surface area contributed by atoms with Crippen LogP contribution in [0.25, 0.3) is 0 Å². The monoisotopic (exact) mass is 323 g/mol. The van der Waals surface area contributed by atoms with Crippen molar-refractivity contribution < 1.29 is 4.79 Å². The Morgan fingerprint density at radius 3 is 2.70 bits per heavy atom. The van der Waals surface area contributed by atoms with Crippen LogP contribution in [0.3, 0.4) is 0 Å². The lowest BCUT2D eigenvalue weighted by Gasteiger charge is -2.21. The lowest BCUT2D eigenvalue weighted by Crippen LogP contribution is -2.41. The number of hydrogen-bond donors (Lipinski definition) is 3. The van der Waals surface area contributed by atoms with Gasteiger partial charge in [0.15, 0.2) is 5.96 Å². The number of nitrogens with zero attached hydrogens (tertiary/aromatic N) is 4. The van der Waals surface area contributed by atoms with Crippen LogP contribution in [-0.4, -0.2) is 53.3 Å². The molecular weight excluding hydrogens is 294 g/mol. The van der Waals surface area contributed by atoms with Crippen LogP contribution in [0.5, 0.6) is 0 Å². The Labute approximate surface area is 138 Å². The molecule has 0 aliphatic rings. The summed E-state index contributed by atoms with van der Waals surface area (Å²) in [5.74, 6) is 1.65. The second-order valence-corrected chi connectivity index (χ2v) is 5.88. The molecule has 3 N–H and O–H groups in total. The van der Waals surface area contributed by atoms with Crippen LogP contribution in [-0.2, 0) is 17.8 Å². The van der Waals surface area contributed by atoms with Crippen LogP contribution < -0.4 is 16.0 Å². The molecule has 1 aromatic heterocycles. The van der Waals surface area contributed by atoms with E-state index in [1.54, 1.807) is 13.4 Å². The Kier molecular flexibility index (Phi) is 7.50. The SMILES string of the molecule is CCNC(=NCC(C)(C)C(=O)NC)NCCn1cnnc1CC.